The zero-order valence-electron chi connectivity index (χ0n) is 11.9. The molecule has 2 atom stereocenters. The molecular formula is C15H24BrN3O. The molecule has 0 aromatic carbocycles. The maximum atomic E-state index is 6.00. The maximum Gasteiger partial charge on any atom is 0.136 e. The Balaban J connectivity index is 1.64. The van der Waals surface area contributed by atoms with E-state index in [2.05, 4.69) is 25.7 Å². The highest BCUT2D eigenvalue weighted by Gasteiger charge is 2.33. The standard InChI is InChI=1S/C15H24BrN3O/c16-13-5-9-20-15(13)14(10-17)19-8-4-12(11-19)18-6-2-1-3-7-18/h5,9,12,14H,1-4,6-8,10-11,17H2. The number of furan rings is 1. The van der Waals surface area contributed by atoms with Crippen LogP contribution in [0.5, 0.6) is 0 Å². The average molecular weight is 342 g/mol. The lowest BCUT2D eigenvalue weighted by atomic mass is 10.1. The third-order valence-corrected chi connectivity index (χ3v) is 5.37. The Morgan fingerprint density at radius 2 is 2.10 bits per heavy atom. The molecule has 1 aromatic rings. The molecule has 4 nitrogen and oxygen atoms in total. The molecule has 0 saturated carbocycles. The second-order valence-electron chi connectivity index (χ2n) is 5.92. The molecule has 2 saturated heterocycles. The molecule has 5 heteroatoms. The summed E-state index contributed by atoms with van der Waals surface area (Å²) < 4.78 is 6.66. The molecule has 3 rings (SSSR count). The zero-order chi connectivity index (χ0) is 13.9. The molecule has 0 radical (unpaired) electrons. The number of likely N-dealkylation sites (tertiary alicyclic amines) is 2. The summed E-state index contributed by atoms with van der Waals surface area (Å²) in [6.45, 7) is 5.40. The van der Waals surface area contributed by atoms with Crippen LogP contribution in [0.15, 0.2) is 21.2 Å². The summed E-state index contributed by atoms with van der Waals surface area (Å²) in [7, 11) is 0. The van der Waals surface area contributed by atoms with Crippen LogP contribution in [0.4, 0.5) is 0 Å². The van der Waals surface area contributed by atoms with E-state index in [9.17, 15) is 0 Å². The quantitative estimate of drug-likeness (QED) is 0.914. The Labute approximate surface area is 129 Å². The topological polar surface area (TPSA) is 45.6 Å². The van der Waals surface area contributed by atoms with E-state index in [0.717, 1.165) is 23.3 Å². The highest BCUT2D eigenvalue weighted by atomic mass is 79.9. The number of nitrogens with zero attached hydrogens (tertiary/aromatic N) is 2. The van der Waals surface area contributed by atoms with Crippen LogP contribution < -0.4 is 5.73 Å². The van der Waals surface area contributed by atoms with Gasteiger partial charge in [-0.2, -0.15) is 0 Å². The summed E-state index contributed by atoms with van der Waals surface area (Å²) in [5.74, 6) is 0.979. The van der Waals surface area contributed by atoms with Crippen LogP contribution in [-0.2, 0) is 0 Å². The van der Waals surface area contributed by atoms with Crippen LogP contribution >= 0.6 is 15.9 Å². The smallest absolute Gasteiger partial charge is 0.136 e. The van der Waals surface area contributed by atoms with Gasteiger partial charge in [0.25, 0.3) is 0 Å². The third kappa shape index (κ3) is 2.96. The fourth-order valence-corrected chi connectivity index (χ4v) is 4.06. The van der Waals surface area contributed by atoms with E-state index in [1.807, 2.05) is 6.07 Å². The summed E-state index contributed by atoms with van der Waals surface area (Å²) >= 11 is 3.56. The van der Waals surface area contributed by atoms with Crippen LogP contribution in [-0.4, -0.2) is 48.6 Å². The third-order valence-electron chi connectivity index (χ3n) is 4.71. The van der Waals surface area contributed by atoms with E-state index >= 15 is 0 Å². The summed E-state index contributed by atoms with van der Waals surface area (Å²) in [6.07, 6.45) is 7.12. The molecule has 2 aliphatic heterocycles. The Hall–Kier alpha value is -0.360. The summed E-state index contributed by atoms with van der Waals surface area (Å²) in [4.78, 5) is 5.16. The zero-order valence-corrected chi connectivity index (χ0v) is 13.5. The molecule has 20 heavy (non-hydrogen) atoms. The lowest BCUT2D eigenvalue weighted by molar-refractivity contribution is 0.148. The van der Waals surface area contributed by atoms with E-state index < -0.39 is 0 Å². The van der Waals surface area contributed by atoms with E-state index in [1.54, 1.807) is 6.26 Å². The maximum absolute atomic E-state index is 6.00. The van der Waals surface area contributed by atoms with Gasteiger partial charge in [0.15, 0.2) is 0 Å². The van der Waals surface area contributed by atoms with Gasteiger partial charge in [-0.3, -0.25) is 9.80 Å². The van der Waals surface area contributed by atoms with Crippen molar-refractivity contribution in [2.75, 3.05) is 32.7 Å². The molecule has 1 aromatic heterocycles. The molecule has 112 valence electrons. The fraction of sp³-hybridized carbons (Fsp3) is 0.733. The van der Waals surface area contributed by atoms with E-state index in [-0.39, 0.29) is 6.04 Å². The van der Waals surface area contributed by atoms with Crippen LogP contribution in [0, 0.1) is 0 Å². The van der Waals surface area contributed by atoms with Crippen molar-refractivity contribution in [1.29, 1.82) is 0 Å². The second kappa shape index (κ2) is 6.60. The van der Waals surface area contributed by atoms with Crippen LogP contribution in [0.25, 0.3) is 0 Å². The van der Waals surface area contributed by atoms with E-state index in [0.29, 0.717) is 12.6 Å². The van der Waals surface area contributed by atoms with Crippen molar-refractivity contribution >= 4 is 15.9 Å². The van der Waals surface area contributed by atoms with Crippen LogP contribution in [0.1, 0.15) is 37.5 Å². The highest BCUT2D eigenvalue weighted by molar-refractivity contribution is 9.10. The van der Waals surface area contributed by atoms with Gasteiger partial charge in [-0.05, 0) is 54.3 Å². The van der Waals surface area contributed by atoms with Gasteiger partial charge in [0, 0.05) is 25.7 Å². The summed E-state index contributed by atoms with van der Waals surface area (Å²) in [5, 5.41) is 0. The van der Waals surface area contributed by atoms with Gasteiger partial charge in [-0.25, -0.2) is 0 Å². The second-order valence-corrected chi connectivity index (χ2v) is 6.77. The Bertz CT molecular complexity index is 431. The number of hydrogen-bond donors (Lipinski definition) is 1. The number of rotatable bonds is 4. The van der Waals surface area contributed by atoms with Crippen LogP contribution in [0.3, 0.4) is 0 Å². The molecule has 0 bridgehead atoms. The molecule has 2 N–H and O–H groups in total. The van der Waals surface area contributed by atoms with Crippen molar-refractivity contribution in [2.24, 2.45) is 5.73 Å². The minimum Gasteiger partial charge on any atom is -0.466 e. The van der Waals surface area contributed by atoms with Gasteiger partial charge in [0.2, 0.25) is 0 Å². The number of hydrogen-bond acceptors (Lipinski definition) is 4. The predicted octanol–water partition coefficient (Wildman–Crippen LogP) is 2.60. The monoisotopic (exact) mass is 341 g/mol. The first-order valence-electron chi connectivity index (χ1n) is 7.70. The van der Waals surface area contributed by atoms with Crippen molar-refractivity contribution in [3.8, 4) is 0 Å². The van der Waals surface area contributed by atoms with Crippen LogP contribution in [0.2, 0.25) is 0 Å². The Kier molecular flexibility index (Phi) is 4.81. The first-order chi connectivity index (χ1) is 9.79. The summed E-state index contributed by atoms with van der Waals surface area (Å²) in [6, 6.07) is 2.86. The first-order valence-corrected chi connectivity index (χ1v) is 8.50. The minimum atomic E-state index is 0.203. The number of halogens is 1. The van der Waals surface area contributed by atoms with Gasteiger partial charge in [-0.1, -0.05) is 6.42 Å². The first kappa shape index (κ1) is 14.6. The molecule has 0 amide bonds. The molecular weight excluding hydrogens is 318 g/mol. The predicted molar refractivity (Wildman–Crippen MR) is 83.6 cm³/mol. The fourth-order valence-electron chi connectivity index (χ4n) is 3.60. The van der Waals surface area contributed by atoms with Gasteiger partial charge >= 0.3 is 0 Å². The SMILES string of the molecule is NCC(c1occc1Br)N1CCC(N2CCCCC2)C1. The summed E-state index contributed by atoms with van der Waals surface area (Å²) in [5.41, 5.74) is 6.00. The normalized spacial score (nSPS) is 27.0. The average Bonchev–Trinajstić information content (AvgIpc) is 3.12. The number of nitrogens with two attached hydrogens (primary N) is 1. The number of piperidine rings is 1. The molecule has 2 fully saturated rings. The van der Waals surface area contributed by atoms with Crippen molar-refractivity contribution < 1.29 is 4.42 Å². The van der Waals surface area contributed by atoms with Crippen molar-refractivity contribution in [2.45, 2.75) is 37.8 Å². The van der Waals surface area contributed by atoms with Crippen molar-refractivity contribution in [1.82, 2.24) is 9.80 Å². The van der Waals surface area contributed by atoms with Crippen molar-refractivity contribution in [3.05, 3.63) is 22.6 Å². The van der Waals surface area contributed by atoms with E-state index in [1.165, 1.54) is 38.8 Å². The molecule has 0 spiro atoms. The van der Waals surface area contributed by atoms with E-state index in [4.69, 9.17) is 10.2 Å². The Morgan fingerprint density at radius 1 is 1.30 bits per heavy atom. The van der Waals surface area contributed by atoms with Gasteiger partial charge in [-0.15, -0.1) is 0 Å². The van der Waals surface area contributed by atoms with Gasteiger partial charge in [0.05, 0.1) is 16.8 Å². The Morgan fingerprint density at radius 3 is 2.75 bits per heavy atom. The minimum absolute atomic E-state index is 0.203. The van der Waals surface area contributed by atoms with Gasteiger partial charge < -0.3 is 10.2 Å². The lowest BCUT2D eigenvalue weighted by Gasteiger charge is -2.33. The highest BCUT2D eigenvalue weighted by Crippen LogP contribution is 2.32. The van der Waals surface area contributed by atoms with Crippen molar-refractivity contribution in [3.63, 3.8) is 0 Å². The molecule has 0 aliphatic carbocycles. The largest absolute Gasteiger partial charge is 0.466 e. The van der Waals surface area contributed by atoms with Gasteiger partial charge in [0.1, 0.15) is 5.76 Å². The molecule has 2 aliphatic rings. The molecule has 2 unspecified atom stereocenters. The lowest BCUT2D eigenvalue weighted by Crippen LogP contribution is -2.42. The molecule has 3 heterocycles.